The Morgan fingerprint density at radius 1 is 1.50 bits per heavy atom. The molecule has 0 amide bonds. The first-order valence-corrected chi connectivity index (χ1v) is 6.34. The molecule has 1 unspecified atom stereocenters. The molecule has 2 rings (SSSR count). The van der Waals surface area contributed by atoms with Crippen molar-refractivity contribution in [2.24, 2.45) is 0 Å². The van der Waals surface area contributed by atoms with Crippen LogP contribution in [0.15, 0.2) is 29.8 Å². The number of anilines is 1. The van der Waals surface area contributed by atoms with E-state index >= 15 is 0 Å². The van der Waals surface area contributed by atoms with Crippen molar-refractivity contribution >= 4 is 28.6 Å². The topological polar surface area (TPSA) is 24.9 Å². The van der Waals surface area contributed by atoms with Gasteiger partial charge in [0.25, 0.3) is 0 Å². The van der Waals surface area contributed by atoms with E-state index in [1.54, 1.807) is 17.5 Å². The number of nitrogens with zero attached hydrogens (tertiary/aromatic N) is 1. The van der Waals surface area contributed by atoms with E-state index in [1.807, 2.05) is 19.1 Å². The number of hydrogen-bond acceptors (Lipinski definition) is 3. The summed E-state index contributed by atoms with van der Waals surface area (Å²) in [5.74, 6) is 0. The number of halogens is 1. The van der Waals surface area contributed by atoms with Crippen LogP contribution >= 0.6 is 22.9 Å². The Hall–Kier alpha value is -1.06. The standard InChI is InChI=1S/C12H13ClN2S/c1-8-6-10(12(13)14-7-8)15-9(2)11-4-3-5-16-11/h3-7,9,15H,1-2H3. The van der Waals surface area contributed by atoms with Crippen LogP contribution < -0.4 is 5.32 Å². The molecule has 0 aliphatic heterocycles. The minimum atomic E-state index is 0.251. The van der Waals surface area contributed by atoms with E-state index in [2.05, 4.69) is 28.7 Å². The Morgan fingerprint density at radius 2 is 2.31 bits per heavy atom. The zero-order valence-electron chi connectivity index (χ0n) is 9.20. The monoisotopic (exact) mass is 252 g/mol. The minimum Gasteiger partial charge on any atom is -0.375 e. The molecular formula is C12H13ClN2S. The third-order valence-electron chi connectivity index (χ3n) is 2.32. The van der Waals surface area contributed by atoms with Gasteiger partial charge in [-0.2, -0.15) is 0 Å². The van der Waals surface area contributed by atoms with Crippen molar-refractivity contribution in [3.05, 3.63) is 45.4 Å². The average molecular weight is 253 g/mol. The van der Waals surface area contributed by atoms with Crippen molar-refractivity contribution in [1.29, 1.82) is 0 Å². The van der Waals surface area contributed by atoms with Gasteiger partial charge in [-0.05, 0) is 36.9 Å². The van der Waals surface area contributed by atoms with Gasteiger partial charge < -0.3 is 5.32 Å². The SMILES string of the molecule is Cc1cnc(Cl)c(NC(C)c2cccs2)c1. The van der Waals surface area contributed by atoms with Crippen LogP contribution in [0.25, 0.3) is 0 Å². The lowest BCUT2D eigenvalue weighted by Crippen LogP contribution is -2.05. The van der Waals surface area contributed by atoms with E-state index < -0.39 is 0 Å². The van der Waals surface area contributed by atoms with Crippen LogP contribution in [0.2, 0.25) is 5.15 Å². The molecule has 0 aliphatic carbocycles. The predicted molar refractivity (Wildman–Crippen MR) is 70.3 cm³/mol. The van der Waals surface area contributed by atoms with E-state index in [9.17, 15) is 0 Å². The molecule has 2 aromatic heterocycles. The van der Waals surface area contributed by atoms with Gasteiger partial charge in [0.15, 0.2) is 5.15 Å². The first-order chi connectivity index (χ1) is 7.66. The maximum atomic E-state index is 6.03. The molecule has 4 heteroatoms. The maximum Gasteiger partial charge on any atom is 0.152 e. The van der Waals surface area contributed by atoms with Gasteiger partial charge in [0.1, 0.15) is 0 Å². The van der Waals surface area contributed by atoms with Crippen molar-refractivity contribution in [1.82, 2.24) is 4.98 Å². The minimum absolute atomic E-state index is 0.251. The molecular weight excluding hydrogens is 240 g/mol. The van der Waals surface area contributed by atoms with Crippen LogP contribution in [-0.2, 0) is 0 Å². The Labute approximate surface area is 104 Å². The largest absolute Gasteiger partial charge is 0.375 e. The second kappa shape index (κ2) is 4.85. The molecule has 2 aromatic rings. The van der Waals surface area contributed by atoms with Gasteiger partial charge in [-0.25, -0.2) is 4.98 Å². The molecule has 0 bridgehead atoms. The maximum absolute atomic E-state index is 6.03. The highest BCUT2D eigenvalue weighted by atomic mass is 35.5. The summed E-state index contributed by atoms with van der Waals surface area (Å²) in [4.78, 5) is 5.41. The molecule has 0 aromatic carbocycles. The number of nitrogens with one attached hydrogen (secondary N) is 1. The average Bonchev–Trinajstić information content (AvgIpc) is 2.76. The summed E-state index contributed by atoms with van der Waals surface area (Å²) in [5.41, 5.74) is 1.99. The fourth-order valence-electron chi connectivity index (χ4n) is 1.50. The van der Waals surface area contributed by atoms with Gasteiger partial charge in [0.05, 0.1) is 11.7 Å². The lowest BCUT2D eigenvalue weighted by Gasteiger charge is -2.14. The van der Waals surface area contributed by atoms with Crippen molar-refractivity contribution in [2.45, 2.75) is 19.9 Å². The predicted octanol–water partition coefficient (Wildman–Crippen LogP) is 4.28. The molecule has 0 aliphatic rings. The number of aromatic nitrogens is 1. The zero-order valence-corrected chi connectivity index (χ0v) is 10.8. The van der Waals surface area contributed by atoms with Gasteiger partial charge in [-0.15, -0.1) is 11.3 Å². The molecule has 1 N–H and O–H groups in total. The number of hydrogen-bond donors (Lipinski definition) is 1. The van der Waals surface area contributed by atoms with Crippen LogP contribution in [0.5, 0.6) is 0 Å². The van der Waals surface area contributed by atoms with Gasteiger partial charge >= 0.3 is 0 Å². The van der Waals surface area contributed by atoms with Crippen LogP contribution in [0.1, 0.15) is 23.4 Å². The normalized spacial score (nSPS) is 12.4. The summed E-state index contributed by atoms with van der Waals surface area (Å²) in [6.07, 6.45) is 1.77. The van der Waals surface area contributed by atoms with Crippen LogP contribution in [0.4, 0.5) is 5.69 Å². The van der Waals surface area contributed by atoms with Crippen LogP contribution in [0, 0.1) is 6.92 Å². The lowest BCUT2D eigenvalue weighted by molar-refractivity contribution is 0.905. The van der Waals surface area contributed by atoms with E-state index in [4.69, 9.17) is 11.6 Å². The second-order valence-corrected chi connectivity index (χ2v) is 5.07. The first-order valence-electron chi connectivity index (χ1n) is 5.09. The second-order valence-electron chi connectivity index (χ2n) is 3.73. The van der Waals surface area contributed by atoms with Gasteiger partial charge in [0, 0.05) is 11.1 Å². The van der Waals surface area contributed by atoms with E-state index in [0.717, 1.165) is 11.3 Å². The third kappa shape index (κ3) is 2.54. The van der Waals surface area contributed by atoms with E-state index in [-0.39, 0.29) is 6.04 Å². The summed E-state index contributed by atoms with van der Waals surface area (Å²) in [6.45, 7) is 4.12. The summed E-state index contributed by atoms with van der Waals surface area (Å²) in [6, 6.07) is 6.42. The number of thiophene rings is 1. The molecule has 84 valence electrons. The summed E-state index contributed by atoms with van der Waals surface area (Å²) >= 11 is 7.77. The van der Waals surface area contributed by atoms with Crippen molar-refractivity contribution < 1.29 is 0 Å². The Balaban J connectivity index is 2.17. The fraction of sp³-hybridized carbons (Fsp3) is 0.250. The summed E-state index contributed by atoms with van der Waals surface area (Å²) < 4.78 is 0. The molecule has 0 fully saturated rings. The molecule has 2 nitrogen and oxygen atoms in total. The third-order valence-corrected chi connectivity index (χ3v) is 3.67. The number of aryl methyl sites for hydroxylation is 1. The van der Waals surface area contributed by atoms with Gasteiger partial charge in [0.2, 0.25) is 0 Å². The smallest absolute Gasteiger partial charge is 0.152 e. The van der Waals surface area contributed by atoms with Gasteiger partial charge in [-0.1, -0.05) is 17.7 Å². The van der Waals surface area contributed by atoms with Crippen molar-refractivity contribution in [2.75, 3.05) is 5.32 Å². The number of rotatable bonds is 3. The van der Waals surface area contributed by atoms with Crippen LogP contribution in [-0.4, -0.2) is 4.98 Å². The van der Waals surface area contributed by atoms with Crippen LogP contribution in [0.3, 0.4) is 0 Å². The molecule has 0 radical (unpaired) electrons. The first kappa shape index (κ1) is 11.4. The molecule has 2 heterocycles. The molecule has 16 heavy (non-hydrogen) atoms. The van der Waals surface area contributed by atoms with Crippen molar-refractivity contribution in [3.63, 3.8) is 0 Å². The highest BCUT2D eigenvalue weighted by molar-refractivity contribution is 7.10. The Kier molecular flexibility index (Phi) is 3.46. The van der Waals surface area contributed by atoms with Crippen molar-refractivity contribution in [3.8, 4) is 0 Å². The Bertz CT molecular complexity index is 468. The molecule has 0 saturated heterocycles. The highest BCUT2D eigenvalue weighted by Gasteiger charge is 2.09. The molecule has 0 spiro atoms. The zero-order chi connectivity index (χ0) is 11.5. The fourth-order valence-corrected chi connectivity index (χ4v) is 2.39. The molecule has 0 saturated carbocycles. The lowest BCUT2D eigenvalue weighted by atomic mass is 10.2. The summed E-state index contributed by atoms with van der Waals surface area (Å²) in [5, 5.41) is 5.96. The van der Waals surface area contributed by atoms with Gasteiger partial charge in [-0.3, -0.25) is 0 Å². The number of pyridine rings is 1. The highest BCUT2D eigenvalue weighted by Crippen LogP contribution is 2.27. The van der Waals surface area contributed by atoms with E-state index in [0.29, 0.717) is 5.15 Å². The Morgan fingerprint density at radius 3 is 3.00 bits per heavy atom. The quantitative estimate of drug-likeness (QED) is 0.825. The summed E-state index contributed by atoms with van der Waals surface area (Å²) in [7, 11) is 0. The molecule has 1 atom stereocenters. The van der Waals surface area contributed by atoms with E-state index in [1.165, 1.54) is 4.88 Å².